The van der Waals surface area contributed by atoms with E-state index >= 15 is 0 Å². The second-order valence-corrected chi connectivity index (χ2v) is 4.33. The number of imidazole rings is 1. The quantitative estimate of drug-likeness (QED) is 0.767. The van der Waals surface area contributed by atoms with Crippen molar-refractivity contribution in [3.8, 4) is 11.8 Å². The first kappa shape index (κ1) is 12.8. The van der Waals surface area contributed by atoms with Crippen molar-refractivity contribution in [1.29, 1.82) is 0 Å². The third kappa shape index (κ3) is 3.71. The molecule has 1 aromatic rings. The number of nitrogens with zero attached hydrogens (tertiary/aromatic N) is 2. The molecule has 0 aromatic carbocycles. The van der Waals surface area contributed by atoms with Gasteiger partial charge in [-0.2, -0.15) is 0 Å². The summed E-state index contributed by atoms with van der Waals surface area (Å²) in [5, 5.41) is 3.42. The van der Waals surface area contributed by atoms with Gasteiger partial charge in [0.1, 0.15) is 5.82 Å². The zero-order chi connectivity index (χ0) is 12.0. The maximum Gasteiger partial charge on any atom is 0.106 e. The highest BCUT2D eigenvalue weighted by Crippen LogP contribution is 2.04. The number of nitrogens with one attached hydrogen (secondary N) is 1. The molecule has 0 spiro atoms. The molecule has 88 valence electrons. The van der Waals surface area contributed by atoms with Crippen LogP contribution in [0.3, 0.4) is 0 Å². The second-order valence-electron chi connectivity index (χ2n) is 4.33. The maximum absolute atomic E-state index is 4.32. The van der Waals surface area contributed by atoms with Gasteiger partial charge in [-0.1, -0.05) is 19.8 Å². The van der Waals surface area contributed by atoms with Gasteiger partial charge in [0.15, 0.2) is 0 Å². The molecule has 0 saturated heterocycles. The van der Waals surface area contributed by atoms with Crippen molar-refractivity contribution in [1.82, 2.24) is 14.9 Å². The zero-order valence-corrected chi connectivity index (χ0v) is 10.7. The van der Waals surface area contributed by atoms with Gasteiger partial charge >= 0.3 is 0 Å². The minimum absolute atomic E-state index is 0.674. The zero-order valence-electron chi connectivity index (χ0n) is 10.7. The molecule has 0 bridgehead atoms. The van der Waals surface area contributed by atoms with Crippen LogP contribution in [0.4, 0.5) is 0 Å². The van der Waals surface area contributed by atoms with E-state index in [0.717, 1.165) is 25.5 Å². The lowest BCUT2D eigenvalue weighted by atomic mass is 10.2. The summed E-state index contributed by atoms with van der Waals surface area (Å²) in [7, 11) is 0. The standard InChI is InChI=1S/C13H21N3/c1-5-6-7-16-12(4)15-10-13(16)9-14-8-11(2)3/h10-11,14H,7-9H2,1-4H3. The van der Waals surface area contributed by atoms with Gasteiger partial charge in [0.2, 0.25) is 0 Å². The van der Waals surface area contributed by atoms with Crippen LogP contribution in [0.2, 0.25) is 0 Å². The van der Waals surface area contributed by atoms with Crippen LogP contribution in [-0.4, -0.2) is 16.1 Å². The topological polar surface area (TPSA) is 29.9 Å². The Morgan fingerprint density at radius 2 is 2.25 bits per heavy atom. The van der Waals surface area contributed by atoms with E-state index in [1.54, 1.807) is 0 Å². The fourth-order valence-electron chi connectivity index (χ4n) is 1.52. The lowest BCUT2D eigenvalue weighted by Gasteiger charge is -2.09. The van der Waals surface area contributed by atoms with Crippen molar-refractivity contribution in [2.24, 2.45) is 5.92 Å². The minimum Gasteiger partial charge on any atom is -0.319 e. The molecule has 16 heavy (non-hydrogen) atoms. The fourth-order valence-corrected chi connectivity index (χ4v) is 1.52. The first-order valence-electron chi connectivity index (χ1n) is 5.76. The van der Waals surface area contributed by atoms with Crippen molar-refractivity contribution in [2.45, 2.75) is 40.8 Å². The largest absolute Gasteiger partial charge is 0.319 e. The van der Waals surface area contributed by atoms with E-state index < -0.39 is 0 Å². The summed E-state index contributed by atoms with van der Waals surface area (Å²) in [5.41, 5.74) is 1.21. The van der Waals surface area contributed by atoms with Crippen molar-refractivity contribution < 1.29 is 0 Å². The van der Waals surface area contributed by atoms with Crippen LogP contribution >= 0.6 is 0 Å². The molecule has 0 aliphatic carbocycles. The molecule has 0 saturated carbocycles. The average Bonchev–Trinajstić information content (AvgIpc) is 2.57. The molecule has 0 aliphatic rings. The summed E-state index contributed by atoms with van der Waals surface area (Å²) in [6, 6.07) is 0. The van der Waals surface area contributed by atoms with E-state index in [9.17, 15) is 0 Å². The molecule has 1 N–H and O–H groups in total. The van der Waals surface area contributed by atoms with Crippen LogP contribution in [0.25, 0.3) is 0 Å². The SMILES string of the molecule is CC#CCn1c(CNCC(C)C)cnc1C. The minimum atomic E-state index is 0.674. The smallest absolute Gasteiger partial charge is 0.106 e. The molecule has 1 heterocycles. The monoisotopic (exact) mass is 219 g/mol. The van der Waals surface area contributed by atoms with Crippen LogP contribution in [0.15, 0.2) is 6.20 Å². The number of aryl methyl sites for hydroxylation is 1. The van der Waals surface area contributed by atoms with Gasteiger partial charge in [-0.05, 0) is 26.3 Å². The Morgan fingerprint density at radius 1 is 1.50 bits per heavy atom. The Hall–Kier alpha value is -1.27. The second kappa shape index (κ2) is 6.34. The van der Waals surface area contributed by atoms with Crippen LogP contribution < -0.4 is 5.32 Å². The number of aromatic nitrogens is 2. The van der Waals surface area contributed by atoms with Gasteiger partial charge in [0.25, 0.3) is 0 Å². The lowest BCUT2D eigenvalue weighted by molar-refractivity contribution is 0.539. The summed E-state index contributed by atoms with van der Waals surface area (Å²) in [6.07, 6.45) is 1.93. The Bertz CT molecular complexity index is 380. The van der Waals surface area contributed by atoms with Gasteiger partial charge in [-0.15, -0.1) is 5.92 Å². The molecule has 1 rings (SSSR count). The van der Waals surface area contributed by atoms with E-state index in [0.29, 0.717) is 5.92 Å². The van der Waals surface area contributed by atoms with Crippen LogP contribution in [-0.2, 0) is 13.1 Å². The summed E-state index contributed by atoms with van der Waals surface area (Å²) in [5.74, 6) is 7.70. The number of rotatable bonds is 5. The van der Waals surface area contributed by atoms with E-state index in [1.807, 2.05) is 20.0 Å². The molecule has 0 radical (unpaired) electrons. The van der Waals surface area contributed by atoms with E-state index in [4.69, 9.17) is 0 Å². The highest BCUT2D eigenvalue weighted by molar-refractivity contribution is 5.08. The normalized spacial score (nSPS) is 10.3. The first-order valence-corrected chi connectivity index (χ1v) is 5.76. The molecule has 0 amide bonds. The van der Waals surface area contributed by atoms with Crippen LogP contribution in [0, 0.1) is 24.7 Å². The Morgan fingerprint density at radius 3 is 2.88 bits per heavy atom. The fraction of sp³-hybridized carbons (Fsp3) is 0.615. The van der Waals surface area contributed by atoms with Gasteiger partial charge in [0.05, 0.1) is 12.2 Å². The molecule has 0 fully saturated rings. The lowest BCUT2D eigenvalue weighted by Crippen LogP contribution is -2.21. The maximum atomic E-state index is 4.32. The first-order chi connectivity index (χ1) is 7.65. The van der Waals surface area contributed by atoms with Crippen molar-refractivity contribution in [2.75, 3.05) is 6.54 Å². The third-order valence-electron chi connectivity index (χ3n) is 2.41. The van der Waals surface area contributed by atoms with Crippen molar-refractivity contribution >= 4 is 0 Å². The van der Waals surface area contributed by atoms with E-state index in [1.165, 1.54) is 5.69 Å². The Balaban J connectivity index is 2.60. The molecule has 0 unspecified atom stereocenters. The highest BCUT2D eigenvalue weighted by atomic mass is 15.1. The Kier molecular flexibility index (Phi) is 5.07. The number of hydrogen-bond donors (Lipinski definition) is 1. The summed E-state index contributed by atoms with van der Waals surface area (Å²) in [4.78, 5) is 4.32. The van der Waals surface area contributed by atoms with Crippen LogP contribution in [0.1, 0.15) is 32.3 Å². The molecule has 0 atom stereocenters. The van der Waals surface area contributed by atoms with Gasteiger partial charge in [-0.25, -0.2) is 4.98 Å². The molecule has 3 nitrogen and oxygen atoms in total. The van der Waals surface area contributed by atoms with Crippen molar-refractivity contribution in [3.63, 3.8) is 0 Å². The molecule has 1 aromatic heterocycles. The molecule has 0 aliphatic heterocycles. The predicted molar refractivity (Wildman–Crippen MR) is 67.0 cm³/mol. The molecular formula is C13H21N3. The highest BCUT2D eigenvalue weighted by Gasteiger charge is 2.04. The predicted octanol–water partition coefficient (Wildman–Crippen LogP) is 1.96. The van der Waals surface area contributed by atoms with E-state index in [-0.39, 0.29) is 0 Å². The van der Waals surface area contributed by atoms with Gasteiger partial charge < -0.3 is 9.88 Å². The summed E-state index contributed by atoms with van der Waals surface area (Å²) >= 11 is 0. The van der Waals surface area contributed by atoms with Crippen molar-refractivity contribution in [3.05, 3.63) is 17.7 Å². The third-order valence-corrected chi connectivity index (χ3v) is 2.41. The average molecular weight is 219 g/mol. The van der Waals surface area contributed by atoms with Crippen LogP contribution in [0.5, 0.6) is 0 Å². The summed E-state index contributed by atoms with van der Waals surface area (Å²) < 4.78 is 2.16. The number of hydrogen-bond acceptors (Lipinski definition) is 2. The molecular weight excluding hydrogens is 198 g/mol. The summed E-state index contributed by atoms with van der Waals surface area (Å²) in [6.45, 7) is 10.9. The van der Waals surface area contributed by atoms with E-state index in [2.05, 4.69) is 40.6 Å². The molecule has 3 heteroatoms. The van der Waals surface area contributed by atoms with Gasteiger partial charge in [-0.3, -0.25) is 0 Å². The Labute approximate surface area is 98.3 Å². The van der Waals surface area contributed by atoms with Gasteiger partial charge in [0, 0.05) is 12.7 Å².